The Morgan fingerprint density at radius 2 is 1.37 bits per heavy atom. The molecule has 0 amide bonds. The van der Waals surface area contributed by atoms with Gasteiger partial charge in [-0.25, -0.2) is 0 Å². The van der Waals surface area contributed by atoms with Gasteiger partial charge in [-0.15, -0.1) is 0 Å². The van der Waals surface area contributed by atoms with Crippen molar-refractivity contribution in [1.82, 2.24) is 0 Å². The fourth-order valence-electron chi connectivity index (χ4n) is 1.50. The molecule has 0 unspecified atom stereocenters. The monoisotopic (exact) mass is 268 g/mol. The van der Waals surface area contributed by atoms with Crippen LogP contribution in [0.25, 0.3) is 0 Å². The average Bonchev–Trinajstić information content (AvgIpc) is 2.46. The van der Waals surface area contributed by atoms with Crippen molar-refractivity contribution in [2.75, 3.05) is 39.6 Å². The van der Waals surface area contributed by atoms with Gasteiger partial charge in [0, 0.05) is 19.8 Å². The highest BCUT2D eigenvalue weighted by Crippen LogP contribution is 2.08. The Hall–Kier alpha value is -1.10. The van der Waals surface area contributed by atoms with Gasteiger partial charge in [0.2, 0.25) is 0 Å². The van der Waals surface area contributed by atoms with Crippen LogP contribution in [0.2, 0.25) is 0 Å². The van der Waals surface area contributed by atoms with Gasteiger partial charge < -0.3 is 19.3 Å². The van der Waals surface area contributed by atoms with E-state index in [2.05, 4.69) is 0 Å². The number of para-hydroxylation sites is 1. The number of hydrogen-bond acceptors (Lipinski definition) is 4. The van der Waals surface area contributed by atoms with Crippen LogP contribution in [0.1, 0.15) is 19.3 Å². The third-order valence-electron chi connectivity index (χ3n) is 2.51. The van der Waals surface area contributed by atoms with Crippen LogP contribution in [-0.4, -0.2) is 44.7 Å². The highest BCUT2D eigenvalue weighted by molar-refractivity contribution is 5.20. The molecule has 0 bridgehead atoms. The van der Waals surface area contributed by atoms with Crippen molar-refractivity contribution in [3.05, 3.63) is 30.3 Å². The highest BCUT2D eigenvalue weighted by atomic mass is 16.5. The van der Waals surface area contributed by atoms with E-state index in [0.717, 1.165) is 31.8 Å². The number of benzene rings is 1. The Labute approximate surface area is 115 Å². The second-order valence-electron chi connectivity index (χ2n) is 4.17. The van der Waals surface area contributed by atoms with Crippen LogP contribution in [0.5, 0.6) is 5.75 Å². The lowest BCUT2D eigenvalue weighted by Crippen LogP contribution is -2.07. The molecule has 0 aliphatic rings. The second-order valence-corrected chi connectivity index (χ2v) is 4.17. The quantitative estimate of drug-likeness (QED) is 0.591. The van der Waals surface area contributed by atoms with Gasteiger partial charge >= 0.3 is 0 Å². The fourth-order valence-corrected chi connectivity index (χ4v) is 1.50. The summed E-state index contributed by atoms with van der Waals surface area (Å²) >= 11 is 0. The summed E-state index contributed by atoms with van der Waals surface area (Å²) in [5.74, 6) is 0.917. The summed E-state index contributed by atoms with van der Waals surface area (Å²) in [5.41, 5.74) is 0. The van der Waals surface area contributed by atoms with E-state index in [1.807, 2.05) is 30.3 Å². The summed E-state index contributed by atoms with van der Waals surface area (Å²) in [6, 6.07) is 9.83. The van der Waals surface area contributed by atoms with Crippen molar-refractivity contribution in [3.8, 4) is 5.75 Å². The largest absolute Gasteiger partial charge is 0.494 e. The Balaban J connectivity index is 1.79. The van der Waals surface area contributed by atoms with E-state index in [1.54, 1.807) is 0 Å². The summed E-state index contributed by atoms with van der Waals surface area (Å²) < 4.78 is 16.2. The van der Waals surface area contributed by atoms with E-state index in [1.165, 1.54) is 0 Å². The lowest BCUT2D eigenvalue weighted by Gasteiger charge is -2.07. The highest BCUT2D eigenvalue weighted by Gasteiger charge is 1.93. The lowest BCUT2D eigenvalue weighted by molar-refractivity contribution is 0.0406. The van der Waals surface area contributed by atoms with Gasteiger partial charge in [0.05, 0.1) is 19.8 Å². The van der Waals surface area contributed by atoms with Crippen LogP contribution < -0.4 is 4.74 Å². The predicted molar refractivity (Wildman–Crippen MR) is 74.5 cm³/mol. The van der Waals surface area contributed by atoms with E-state index in [9.17, 15) is 0 Å². The van der Waals surface area contributed by atoms with Crippen LogP contribution in [-0.2, 0) is 9.47 Å². The zero-order chi connectivity index (χ0) is 13.6. The molecule has 0 saturated heterocycles. The molecule has 0 heterocycles. The van der Waals surface area contributed by atoms with E-state index in [4.69, 9.17) is 19.3 Å². The van der Waals surface area contributed by atoms with E-state index >= 15 is 0 Å². The standard InChI is InChI=1S/C15H24O4/c16-9-6-11-18-14-13-17-10-4-5-12-19-15-7-2-1-3-8-15/h1-3,7-8,16H,4-6,9-14H2. The van der Waals surface area contributed by atoms with Crippen molar-refractivity contribution in [2.24, 2.45) is 0 Å². The molecule has 0 saturated carbocycles. The molecule has 0 spiro atoms. The third-order valence-corrected chi connectivity index (χ3v) is 2.51. The molecule has 0 aliphatic heterocycles. The molecule has 1 aromatic rings. The minimum Gasteiger partial charge on any atom is -0.494 e. The topological polar surface area (TPSA) is 47.9 Å². The molecular formula is C15H24O4. The first kappa shape index (κ1) is 16.0. The van der Waals surface area contributed by atoms with Gasteiger partial charge in [-0.1, -0.05) is 18.2 Å². The van der Waals surface area contributed by atoms with Gasteiger partial charge in [-0.2, -0.15) is 0 Å². The number of hydrogen-bond donors (Lipinski definition) is 1. The lowest BCUT2D eigenvalue weighted by atomic mass is 10.3. The van der Waals surface area contributed by atoms with Gasteiger partial charge in [-0.3, -0.25) is 0 Å². The molecule has 108 valence electrons. The molecule has 0 aromatic heterocycles. The summed E-state index contributed by atoms with van der Waals surface area (Å²) in [7, 11) is 0. The maximum Gasteiger partial charge on any atom is 0.119 e. The van der Waals surface area contributed by atoms with Gasteiger partial charge in [0.25, 0.3) is 0 Å². The minimum atomic E-state index is 0.183. The molecule has 1 rings (SSSR count). The normalized spacial score (nSPS) is 10.6. The van der Waals surface area contributed by atoms with E-state index in [-0.39, 0.29) is 6.61 Å². The molecule has 0 atom stereocenters. The van der Waals surface area contributed by atoms with Gasteiger partial charge in [-0.05, 0) is 31.4 Å². The van der Waals surface area contributed by atoms with Crippen molar-refractivity contribution in [2.45, 2.75) is 19.3 Å². The van der Waals surface area contributed by atoms with E-state index in [0.29, 0.717) is 26.2 Å². The van der Waals surface area contributed by atoms with Crippen molar-refractivity contribution in [1.29, 1.82) is 0 Å². The third kappa shape index (κ3) is 9.47. The number of ether oxygens (including phenoxy) is 3. The molecule has 19 heavy (non-hydrogen) atoms. The Morgan fingerprint density at radius 1 is 0.737 bits per heavy atom. The van der Waals surface area contributed by atoms with Crippen LogP contribution in [0, 0.1) is 0 Å². The molecular weight excluding hydrogens is 244 g/mol. The molecule has 1 aromatic carbocycles. The molecule has 4 nitrogen and oxygen atoms in total. The van der Waals surface area contributed by atoms with Gasteiger partial charge in [0.15, 0.2) is 0 Å². The first-order chi connectivity index (χ1) is 9.43. The van der Waals surface area contributed by atoms with Gasteiger partial charge in [0.1, 0.15) is 5.75 Å². The number of unbranched alkanes of at least 4 members (excludes halogenated alkanes) is 1. The smallest absolute Gasteiger partial charge is 0.119 e. The van der Waals surface area contributed by atoms with Crippen LogP contribution in [0.4, 0.5) is 0 Å². The number of aliphatic hydroxyl groups excluding tert-OH is 1. The Kier molecular flexibility index (Phi) is 10.0. The fraction of sp³-hybridized carbons (Fsp3) is 0.600. The maximum absolute atomic E-state index is 8.55. The maximum atomic E-state index is 8.55. The first-order valence-corrected chi connectivity index (χ1v) is 6.87. The molecule has 0 fully saturated rings. The average molecular weight is 268 g/mol. The van der Waals surface area contributed by atoms with Crippen LogP contribution in [0.15, 0.2) is 30.3 Å². The molecule has 4 heteroatoms. The van der Waals surface area contributed by atoms with Crippen LogP contribution in [0.3, 0.4) is 0 Å². The zero-order valence-electron chi connectivity index (χ0n) is 11.4. The Morgan fingerprint density at radius 3 is 2.05 bits per heavy atom. The molecule has 1 N–H and O–H groups in total. The molecule has 0 radical (unpaired) electrons. The number of aliphatic hydroxyl groups is 1. The van der Waals surface area contributed by atoms with Crippen LogP contribution >= 0.6 is 0 Å². The van der Waals surface area contributed by atoms with E-state index < -0.39 is 0 Å². The number of rotatable bonds is 12. The summed E-state index contributed by atoms with van der Waals surface area (Å²) in [5, 5.41) is 8.55. The summed E-state index contributed by atoms with van der Waals surface area (Å²) in [6.07, 6.45) is 2.67. The molecule has 0 aliphatic carbocycles. The first-order valence-electron chi connectivity index (χ1n) is 6.87. The van der Waals surface area contributed by atoms with Crippen molar-refractivity contribution < 1.29 is 19.3 Å². The van der Waals surface area contributed by atoms with Crippen molar-refractivity contribution >= 4 is 0 Å². The summed E-state index contributed by atoms with van der Waals surface area (Å²) in [6.45, 7) is 3.46. The summed E-state index contributed by atoms with van der Waals surface area (Å²) in [4.78, 5) is 0. The van der Waals surface area contributed by atoms with Crippen molar-refractivity contribution in [3.63, 3.8) is 0 Å². The predicted octanol–water partition coefficient (Wildman–Crippen LogP) is 2.26. The Bertz CT molecular complexity index is 289. The SMILES string of the molecule is OCCCOCCOCCCCOc1ccccc1. The minimum absolute atomic E-state index is 0.183. The second kappa shape index (κ2) is 12.0. The zero-order valence-corrected chi connectivity index (χ0v) is 11.4.